The van der Waals surface area contributed by atoms with Gasteiger partial charge in [-0.15, -0.1) is 0 Å². The molecule has 1 saturated carbocycles. The third-order valence-electron chi connectivity index (χ3n) is 9.92. The molecule has 0 spiro atoms. The van der Waals surface area contributed by atoms with E-state index in [1.165, 1.54) is 23.2 Å². The molecule has 3 aliphatic rings. The number of allylic oxidation sites excluding steroid dienone is 1. The number of benzene rings is 1. The maximum atomic E-state index is 14.5. The van der Waals surface area contributed by atoms with Crippen molar-refractivity contribution in [1.82, 2.24) is 25.5 Å². The first-order valence-electron chi connectivity index (χ1n) is 18.6. The number of ether oxygens (including phenoxy) is 2. The summed E-state index contributed by atoms with van der Waals surface area (Å²) in [6.07, 6.45) is 7.59. The second-order valence-corrected chi connectivity index (χ2v) is 16.7. The summed E-state index contributed by atoms with van der Waals surface area (Å²) in [4.78, 5) is 79.2. The zero-order valence-corrected chi connectivity index (χ0v) is 32.8. The third kappa shape index (κ3) is 9.18. The molecule has 4 N–H and O–H groups in total. The smallest absolute Gasteiger partial charge is 0.408 e. The van der Waals surface area contributed by atoms with Gasteiger partial charge in [-0.25, -0.2) is 19.6 Å². The van der Waals surface area contributed by atoms with E-state index in [2.05, 4.69) is 20.9 Å². The molecule has 1 saturated heterocycles. The van der Waals surface area contributed by atoms with Crippen LogP contribution in [0.15, 0.2) is 42.6 Å². The summed E-state index contributed by atoms with van der Waals surface area (Å²) in [5, 5.41) is 19.6. The lowest BCUT2D eigenvalue weighted by Crippen LogP contribution is -2.56. The van der Waals surface area contributed by atoms with Crippen molar-refractivity contribution in [3.05, 3.63) is 42.6 Å². The van der Waals surface area contributed by atoms with E-state index in [9.17, 15) is 29.1 Å². The van der Waals surface area contributed by atoms with Crippen LogP contribution in [0.4, 0.5) is 15.6 Å². The number of pyridine rings is 1. The van der Waals surface area contributed by atoms with E-state index < -0.39 is 53.2 Å². The van der Waals surface area contributed by atoms with Crippen molar-refractivity contribution in [3.8, 4) is 16.3 Å². The molecule has 4 heterocycles. The van der Waals surface area contributed by atoms with Gasteiger partial charge in [0.15, 0.2) is 5.13 Å². The molecule has 2 aromatic heterocycles. The molecule has 6 rings (SSSR count). The molecule has 0 radical (unpaired) electrons. The number of anilines is 2. The SMILES string of the molecule is CC(=O)Nc1ncc(-c2cc(O[C@@H]3C[C@H]4C(=O)N[C@]5(C(=O)O)CC5/C=C\CCCCC[C@@H](NC(=O)OC(C)(C)C)C(=O)N4C3)c3ccc(N(C)C)cc3n2)s1. The van der Waals surface area contributed by atoms with Gasteiger partial charge >= 0.3 is 12.1 Å². The van der Waals surface area contributed by atoms with Crippen molar-refractivity contribution in [3.63, 3.8) is 0 Å². The second kappa shape index (κ2) is 15.8. The Kier molecular flexibility index (Phi) is 11.4. The van der Waals surface area contributed by atoms with E-state index in [4.69, 9.17) is 14.5 Å². The normalized spacial score (nSPS) is 25.0. The van der Waals surface area contributed by atoms with Crippen LogP contribution >= 0.6 is 11.3 Å². The van der Waals surface area contributed by atoms with Crippen LogP contribution < -0.4 is 25.6 Å². The molecule has 294 valence electrons. The number of fused-ring (bicyclic) bond motifs is 3. The number of carboxylic acid groups (broad SMARTS) is 1. The molecular weight excluding hydrogens is 727 g/mol. The summed E-state index contributed by atoms with van der Waals surface area (Å²) < 4.78 is 12.2. The van der Waals surface area contributed by atoms with Gasteiger partial charge in [0.05, 0.1) is 22.6 Å². The monoisotopic (exact) mass is 775 g/mol. The van der Waals surface area contributed by atoms with Gasteiger partial charge in [0, 0.05) is 56.7 Å². The fourth-order valence-electron chi connectivity index (χ4n) is 7.06. The number of aromatic nitrogens is 2. The molecule has 55 heavy (non-hydrogen) atoms. The standard InChI is InChI=1S/C39H49N7O8S/c1-22(47)41-36-40-20-32(55-36)29-18-31(26-15-14-24(45(5)6)16-28(26)42-29)53-25-17-30-33(48)44-39(35(50)51)19-23(39)12-10-8-7-9-11-13-27(34(49)46(30)21-25)43-37(52)54-38(2,3)4/h10,12,14-16,18,20,23,25,27,30H,7-9,11,13,17,19,21H2,1-6H3,(H,43,52)(H,44,48)(H,50,51)(H,40,41,47)/b12-10-/t23?,25-,27-,30+,39-/m1/s1. The highest BCUT2D eigenvalue weighted by Crippen LogP contribution is 2.45. The molecule has 4 amide bonds. The highest BCUT2D eigenvalue weighted by Gasteiger charge is 2.61. The Bertz CT molecular complexity index is 2010. The second-order valence-electron chi connectivity index (χ2n) is 15.6. The van der Waals surface area contributed by atoms with Gasteiger partial charge < -0.3 is 40.3 Å². The average molecular weight is 776 g/mol. The molecule has 3 aromatic rings. The Hall–Kier alpha value is -5.25. The first-order valence-corrected chi connectivity index (χ1v) is 19.4. The number of carbonyl (C=O) groups is 5. The Morgan fingerprint density at radius 3 is 2.62 bits per heavy atom. The number of thiazole rings is 1. The summed E-state index contributed by atoms with van der Waals surface area (Å²) in [5.41, 5.74) is -0.185. The fraction of sp³-hybridized carbons (Fsp3) is 0.513. The van der Waals surface area contributed by atoms with Gasteiger partial charge in [-0.2, -0.15) is 0 Å². The van der Waals surface area contributed by atoms with E-state index in [0.29, 0.717) is 45.2 Å². The van der Waals surface area contributed by atoms with E-state index in [0.717, 1.165) is 24.9 Å². The number of alkyl carbamates (subject to hydrolysis) is 1. The minimum atomic E-state index is -1.47. The van der Waals surface area contributed by atoms with Crippen molar-refractivity contribution >= 4 is 62.8 Å². The van der Waals surface area contributed by atoms with Gasteiger partial charge in [0.25, 0.3) is 0 Å². The average Bonchev–Trinajstić information content (AvgIpc) is 3.38. The molecule has 5 atom stereocenters. The predicted molar refractivity (Wildman–Crippen MR) is 208 cm³/mol. The molecule has 2 aliphatic heterocycles. The lowest BCUT2D eigenvalue weighted by molar-refractivity contribution is -0.145. The van der Waals surface area contributed by atoms with Gasteiger partial charge in [-0.05, 0) is 64.7 Å². The quantitative estimate of drug-likeness (QED) is 0.234. The number of aliphatic carboxylic acids is 1. The number of carbonyl (C=O) groups excluding carboxylic acids is 4. The molecule has 2 fully saturated rings. The Labute approximate surface area is 323 Å². The van der Waals surface area contributed by atoms with Crippen molar-refractivity contribution in [2.45, 2.75) is 102 Å². The van der Waals surface area contributed by atoms with Gasteiger partial charge in [0.2, 0.25) is 17.7 Å². The summed E-state index contributed by atoms with van der Waals surface area (Å²) in [6, 6.07) is 5.46. The summed E-state index contributed by atoms with van der Waals surface area (Å²) in [5.74, 6) is -2.38. The minimum absolute atomic E-state index is 0.00497. The lowest BCUT2D eigenvalue weighted by Gasteiger charge is -2.30. The maximum Gasteiger partial charge on any atom is 0.408 e. The Morgan fingerprint density at radius 1 is 1.13 bits per heavy atom. The fourth-order valence-corrected chi connectivity index (χ4v) is 7.89. The zero-order valence-electron chi connectivity index (χ0n) is 32.0. The number of hydrogen-bond donors (Lipinski definition) is 4. The highest BCUT2D eigenvalue weighted by molar-refractivity contribution is 7.19. The topological polar surface area (TPSA) is 192 Å². The molecule has 1 aromatic carbocycles. The van der Waals surface area contributed by atoms with Crippen LogP contribution in [0.3, 0.4) is 0 Å². The molecule has 1 aliphatic carbocycles. The van der Waals surface area contributed by atoms with Crippen molar-refractivity contribution in [2.75, 3.05) is 30.9 Å². The largest absolute Gasteiger partial charge is 0.488 e. The molecule has 15 nitrogen and oxygen atoms in total. The molecule has 1 unspecified atom stereocenters. The van der Waals surface area contributed by atoms with Crippen molar-refractivity contribution in [2.24, 2.45) is 5.92 Å². The zero-order chi connectivity index (χ0) is 39.7. The van der Waals surface area contributed by atoms with E-state index in [1.807, 2.05) is 49.3 Å². The Balaban J connectivity index is 1.35. The number of rotatable bonds is 7. The van der Waals surface area contributed by atoms with Crippen LogP contribution in [0.2, 0.25) is 0 Å². The molecule has 16 heteroatoms. The Morgan fingerprint density at radius 2 is 1.91 bits per heavy atom. The van der Waals surface area contributed by atoms with Crippen molar-refractivity contribution < 1.29 is 38.6 Å². The number of carboxylic acids is 1. The van der Waals surface area contributed by atoms with Gasteiger partial charge in [-0.1, -0.05) is 36.3 Å². The maximum absolute atomic E-state index is 14.5. The third-order valence-corrected chi connectivity index (χ3v) is 10.9. The van der Waals surface area contributed by atoms with E-state index in [1.54, 1.807) is 33.0 Å². The van der Waals surface area contributed by atoms with Crippen molar-refractivity contribution in [1.29, 1.82) is 0 Å². The first-order chi connectivity index (χ1) is 26.0. The van der Waals surface area contributed by atoms with Crippen LogP contribution in [0.25, 0.3) is 21.5 Å². The number of amides is 4. The lowest BCUT2D eigenvalue weighted by atomic mass is 10.0. The van der Waals surface area contributed by atoms with E-state index >= 15 is 0 Å². The highest BCUT2D eigenvalue weighted by atomic mass is 32.1. The minimum Gasteiger partial charge on any atom is -0.488 e. The predicted octanol–water partition coefficient (Wildman–Crippen LogP) is 5.10. The van der Waals surface area contributed by atoms with Crippen LogP contribution in [-0.4, -0.2) is 99.7 Å². The van der Waals surface area contributed by atoms with Crippen LogP contribution in [0.1, 0.15) is 72.6 Å². The summed E-state index contributed by atoms with van der Waals surface area (Å²) >= 11 is 1.26. The number of nitrogens with zero attached hydrogens (tertiary/aromatic N) is 4. The van der Waals surface area contributed by atoms with Gasteiger partial charge in [0.1, 0.15) is 35.1 Å². The first kappa shape index (κ1) is 39.4. The van der Waals surface area contributed by atoms with Gasteiger partial charge in [-0.3, -0.25) is 14.4 Å². The summed E-state index contributed by atoms with van der Waals surface area (Å²) in [7, 11) is 3.85. The number of hydrogen-bond acceptors (Lipinski definition) is 11. The number of nitrogens with one attached hydrogen (secondary N) is 3. The van der Waals surface area contributed by atoms with Crippen LogP contribution in [0, 0.1) is 5.92 Å². The molecule has 0 bridgehead atoms. The van der Waals surface area contributed by atoms with E-state index in [-0.39, 0.29) is 31.2 Å². The molecular formula is C39H49N7O8S. The summed E-state index contributed by atoms with van der Waals surface area (Å²) in [6.45, 7) is 6.60. The van der Waals surface area contributed by atoms with Crippen LogP contribution in [-0.2, 0) is 23.9 Å². The van der Waals surface area contributed by atoms with Crippen LogP contribution in [0.5, 0.6) is 5.75 Å².